The summed E-state index contributed by atoms with van der Waals surface area (Å²) >= 11 is 2.26. The molecule has 7 nitrogen and oxygen atoms in total. The van der Waals surface area contributed by atoms with E-state index in [9.17, 15) is 4.39 Å². The Morgan fingerprint density at radius 3 is 2.71 bits per heavy atom. The number of morpholine rings is 1. The van der Waals surface area contributed by atoms with E-state index in [1.807, 2.05) is 41.3 Å². The van der Waals surface area contributed by atoms with Crippen LogP contribution in [0.4, 0.5) is 16.2 Å². The molecule has 1 aliphatic heterocycles. The summed E-state index contributed by atoms with van der Waals surface area (Å²) in [4.78, 5) is 9.97. The lowest BCUT2D eigenvalue weighted by Crippen LogP contribution is -2.37. The van der Waals surface area contributed by atoms with E-state index >= 15 is 0 Å². The van der Waals surface area contributed by atoms with Gasteiger partial charge in [0.15, 0.2) is 11.6 Å². The monoisotopic (exact) mass is 493 g/mol. The number of rotatable bonds is 5. The van der Waals surface area contributed by atoms with Gasteiger partial charge >= 0.3 is 0 Å². The number of furan rings is 1. The molecule has 0 spiro atoms. The smallest absolute Gasteiger partial charge is 0.245 e. The van der Waals surface area contributed by atoms with Crippen molar-refractivity contribution in [2.45, 2.75) is 0 Å². The second-order valence-corrected chi connectivity index (χ2v) is 7.29. The Kier molecular flexibility index (Phi) is 5.81. The van der Waals surface area contributed by atoms with Gasteiger partial charge in [0, 0.05) is 22.2 Å². The standard InChI is InChI=1S/C19H17FIN5O2/c20-16-12-22-19(24-18(16)26-7-9-27-10-8-26)25-23-11-15-5-6-17(28-15)13-1-3-14(21)4-2-13/h1-6,11-12H,7-10H2,(H,22,24,25)/b23-11+. The molecule has 9 heteroatoms. The maximum atomic E-state index is 14.0. The van der Waals surface area contributed by atoms with Crippen LogP contribution in [-0.4, -0.2) is 42.5 Å². The fraction of sp³-hybridized carbons (Fsp3) is 0.211. The summed E-state index contributed by atoms with van der Waals surface area (Å²) in [5.41, 5.74) is 3.71. The average Bonchev–Trinajstić information content (AvgIpc) is 3.19. The highest BCUT2D eigenvalue weighted by molar-refractivity contribution is 14.1. The molecule has 3 heterocycles. The van der Waals surface area contributed by atoms with E-state index in [1.165, 1.54) is 6.21 Å². The van der Waals surface area contributed by atoms with Gasteiger partial charge in [-0.25, -0.2) is 14.8 Å². The van der Waals surface area contributed by atoms with Crippen molar-refractivity contribution in [2.24, 2.45) is 5.10 Å². The van der Waals surface area contributed by atoms with Crippen molar-refractivity contribution in [3.05, 3.63) is 57.7 Å². The van der Waals surface area contributed by atoms with Gasteiger partial charge in [-0.2, -0.15) is 10.1 Å². The van der Waals surface area contributed by atoms with Crippen LogP contribution in [0.5, 0.6) is 0 Å². The molecule has 0 aliphatic carbocycles. The molecular weight excluding hydrogens is 476 g/mol. The number of nitrogens with zero attached hydrogens (tertiary/aromatic N) is 4. The highest BCUT2D eigenvalue weighted by atomic mass is 127. The molecule has 0 saturated carbocycles. The van der Waals surface area contributed by atoms with Crippen molar-refractivity contribution in [3.63, 3.8) is 0 Å². The van der Waals surface area contributed by atoms with E-state index in [2.05, 4.69) is 43.1 Å². The Bertz CT molecular complexity index is 971. The summed E-state index contributed by atoms with van der Waals surface area (Å²) in [5.74, 6) is 1.32. The van der Waals surface area contributed by atoms with E-state index < -0.39 is 5.82 Å². The molecule has 144 valence electrons. The highest BCUT2D eigenvalue weighted by Gasteiger charge is 2.17. The average molecular weight is 493 g/mol. The van der Waals surface area contributed by atoms with Crippen LogP contribution in [0.3, 0.4) is 0 Å². The van der Waals surface area contributed by atoms with Gasteiger partial charge in [0.1, 0.15) is 11.5 Å². The molecule has 1 aromatic carbocycles. The van der Waals surface area contributed by atoms with Gasteiger partial charge in [0.2, 0.25) is 5.95 Å². The quantitative estimate of drug-likeness (QED) is 0.332. The van der Waals surface area contributed by atoms with Crippen LogP contribution in [0.25, 0.3) is 11.3 Å². The molecule has 2 aromatic heterocycles. The van der Waals surface area contributed by atoms with Crippen molar-refractivity contribution in [1.82, 2.24) is 9.97 Å². The Morgan fingerprint density at radius 1 is 1.14 bits per heavy atom. The fourth-order valence-electron chi connectivity index (χ4n) is 2.75. The molecule has 28 heavy (non-hydrogen) atoms. The molecular formula is C19H17FIN5O2. The number of nitrogens with one attached hydrogen (secondary N) is 1. The summed E-state index contributed by atoms with van der Waals surface area (Å²) in [7, 11) is 0. The Labute approximate surface area is 174 Å². The molecule has 0 radical (unpaired) electrons. The Hall–Kier alpha value is -2.53. The van der Waals surface area contributed by atoms with E-state index in [4.69, 9.17) is 9.15 Å². The van der Waals surface area contributed by atoms with Gasteiger partial charge in [-0.05, 0) is 46.9 Å². The zero-order valence-corrected chi connectivity index (χ0v) is 17.0. The second kappa shape index (κ2) is 8.65. The van der Waals surface area contributed by atoms with Crippen LogP contribution >= 0.6 is 22.6 Å². The van der Waals surface area contributed by atoms with Gasteiger partial charge in [0.05, 0.1) is 25.6 Å². The molecule has 1 aliphatic rings. The first-order chi connectivity index (χ1) is 13.7. The van der Waals surface area contributed by atoms with E-state index in [-0.39, 0.29) is 11.8 Å². The summed E-state index contributed by atoms with van der Waals surface area (Å²) in [6.07, 6.45) is 2.66. The molecule has 3 aromatic rings. The molecule has 1 fully saturated rings. The number of aromatic nitrogens is 2. The van der Waals surface area contributed by atoms with E-state index in [0.717, 1.165) is 21.1 Å². The van der Waals surface area contributed by atoms with Crippen LogP contribution in [0.2, 0.25) is 0 Å². The first-order valence-corrected chi connectivity index (χ1v) is 9.77. The molecule has 0 amide bonds. The molecule has 0 unspecified atom stereocenters. The largest absolute Gasteiger partial charge is 0.455 e. The normalized spacial score (nSPS) is 14.6. The zero-order chi connectivity index (χ0) is 19.3. The number of hydrogen-bond acceptors (Lipinski definition) is 7. The predicted molar refractivity (Wildman–Crippen MR) is 113 cm³/mol. The summed E-state index contributed by atoms with van der Waals surface area (Å²) < 4.78 is 26.3. The van der Waals surface area contributed by atoms with Gasteiger partial charge in [-0.3, -0.25) is 0 Å². The lowest BCUT2D eigenvalue weighted by Gasteiger charge is -2.27. The number of ether oxygens (including phenoxy) is 1. The maximum absolute atomic E-state index is 14.0. The zero-order valence-electron chi connectivity index (χ0n) is 14.8. The molecule has 0 bridgehead atoms. The summed E-state index contributed by atoms with van der Waals surface area (Å²) in [6, 6.07) is 11.7. The number of hydrazone groups is 1. The van der Waals surface area contributed by atoms with Crippen LogP contribution in [-0.2, 0) is 4.74 Å². The minimum Gasteiger partial charge on any atom is -0.455 e. The third-order valence-corrected chi connectivity index (χ3v) is 4.87. The van der Waals surface area contributed by atoms with Crippen LogP contribution in [0.1, 0.15) is 5.76 Å². The number of hydrogen-bond donors (Lipinski definition) is 1. The van der Waals surface area contributed by atoms with Gasteiger partial charge < -0.3 is 14.1 Å². The van der Waals surface area contributed by atoms with E-state index in [0.29, 0.717) is 32.1 Å². The summed E-state index contributed by atoms with van der Waals surface area (Å²) in [5, 5.41) is 4.09. The topological polar surface area (TPSA) is 75.8 Å². The van der Waals surface area contributed by atoms with Crippen molar-refractivity contribution < 1.29 is 13.5 Å². The molecule has 4 rings (SSSR count). The SMILES string of the molecule is Fc1cnc(N/N=C/c2ccc(-c3ccc(I)cc3)o2)nc1N1CCOCC1. The lowest BCUT2D eigenvalue weighted by molar-refractivity contribution is 0.122. The molecule has 0 atom stereocenters. The first-order valence-electron chi connectivity index (χ1n) is 8.69. The third-order valence-electron chi connectivity index (χ3n) is 4.15. The van der Waals surface area contributed by atoms with Crippen molar-refractivity contribution in [3.8, 4) is 11.3 Å². The van der Waals surface area contributed by atoms with Gasteiger partial charge in [-0.1, -0.05) is 12.1 Å². The molecule has 1 N–H and O–H groups in total. The van der Waals surface area contributed by atoms with Gasteiger partial charge in [0.25, 0.3) is 0 Å². The van der Waals surface area contributed by atoms with Crippen LogP contribution < -0.4 is 10.3 Å². The van der Waals surface area contributed by atoms with Crippen molar-refractivity contribution >= 4 is 40.6 Å². The van der Waals surface area contributed by atoms with Crippen LogP contribution in [0.15, 0.2) is 52.1 Å². The highest BCUT2D eigenvalue weighted by Crippen LogP contribution is 2.22. The minimum absolute atomic E-state index is 0.212. The second-order valence-electron chi connectivity index (χ2n) is 6.04. The Morgan fingerprint density at radius 2 is 1.93 bits per heavy atom. The predicted octanol–water partition coefficient (Wildman–Crippen LogP) is 3.76. The number of halogens is 2. The summed E-state index contributed by atoms with van der Waals surface area (Å²) in [6.45, 7) is 2.27. The van der Waals surface area contributed by atoms with Crippen molar-refractivity contribution in [1.29, 1.82) is 0 Å². The lowest BCUT2D eigenvalue weighted by atomic mass is 10.2. The fourth-order valence-corrected chi connectivity index (χ4v) is 3.11. The Balaban J connectivity index is 1.43. The van der Waals surface area contributed by atoms with Gasteiger partial charge in [-0.15, -0.1) is 0 Å². The number of benzene rings is 1. The molecule has 1 saturated heterocycles. The van der Waals surface area contributed by atoms with Crippen LogP contribution in [0, 0.1) is 9.39 Å². The first kappa shape index (κ1) is 18.8. The maximum Gasteiger partial charge on any atom is 0.245 e. The number of anilines is 2. The minimum atomic E-state index is -0.468. The van der Waals surface area contributed by atoms with Crippen molar-refractivity contribution in [2.75, 3.05) is 36.6 Å². The third kappa shape index (κ3) is 4.47. The van der Waals surface area contributed by atoms with E-state index in [1.54, 1.807) is 0 Å².